The fourth-order valence-electron chi connectivity index (χ4n) is 2.38. The number of benzene rings is 2. The minimum atomic E-state index is -2.48. The van der Waals surface area contributed by atoms with Crippen molar-refractivity contribution >= 4 is 0 Å². The molecule has 0 saturated heterocycles. The molecule has 1 nitrogen and oxygen atoms in total. The summed E-state index contributed by atoms with van der Waals surface area (Å²) in [5, 5.41) is 0. The number of halogens is 10. The van der Waals surface area contributed by atoms with Crippen molar-refractivity contribution in [2.75, 3.05) is 0 Å². The molecule has 2 rings (SSSR count). The zero-order valence-corrected chi connectivity index (χ0v) is 13.9. The molecule has 0 aliphatic heterocycles. The molecule has 0 N–H and O–H groups in total. The predicted molar refractivity (Wildman–Crippen MR) is 79.4 cm³/mol. The molecule has 2 unspecified atom stereocenters. The van der Waals surface area contributed by atoms with Gasteiger partial charge in [0.2, 0.25) is 11.6 Å². The molecule has 0 saturated carbocycles. The van der Waals surface area contributed by atoms with E-state index in [1.807, 2.05) is 0 Å². The second kappa shape index (κ2) is 8.27. The van der Waals surface area contributed by atoms with E-state index in [9.17, 15) is 43.9 Å². The summed E-state index contributed by atoms with van der Waals surface area (Å²) in [4.78, 5) is 0. The highest BCUT2D eigenvalue weighted by Gasteiger charge is 2.34. The lowest BCUT2D eigenvalue weighted by atomic mass is 10.0. The van der Waals surface area contributed by atoms with Crippen LogP contribution in [0.1, 0.15) is 23.3 Å². The van der Waals surface area contributed by atoms with Crippen LogP contribution in [0.4, 0.5) is 43.9 Å². The molecule has 11 heteroatoms. The summed E-state index contributed by atoms with van der Waals surface area (Å²) >= 11 is 0. The zero-order chi connectivity index (χ0) is 22.2. The van der Waals surface area contributed by atoms with E-state index in [1.54, 1.807) is 0 Å². The van der Waals surface area contributed by atoms with Gasteiger partial charge >= 0.3 is 0 Å². The Morgan fingerprint density at radius 2 is 0.655 bits per heavy atom. The van der Waals surface area contributed by atoms with Crippen LogP contribution in [0.5, 0.6) is 0 Å². The Hall–Kier alpha value is -2.82. The van der Waals surface area contributed by atoms with Crippen LogP contribution >= 0.6 is 0 Å². The molecule has 2 aromatic carbocycles. The van der Waals surface area contributed by atoms with Gasteiger partial charge in [-0.05, 0) is 0 Å². The van der Waals surface area contributed by atoms with Gasteiger partial charge in [0, 0.05) is 0 Å². The lowest BCUT2D eigenvalue weighted by molar-refractivity contribution is 0.0301. The summed E-state index contributed by atoms with van der Waals surface area (Å²) in [5.41, 5.74) is -3.18. The maximum atomic E-state index is 13.9. The van der Waals surface area contributed by atoms with Crippen molar-refractivity contribution in [2.24, 2.45) is 0 Å². The van der Waals surface area contributed by atoms with E-state index >= 15 is 0 Å². The van der Waals surface area contributed by atoms with Crippen molar-refractivity contribution in [3.8, 4) is 0 Å². The van der Waals surface area contributed by atoms with E-state index in [0.29, 0.717) is 12.2 Å². The quantitative estimate of drug-likeness (QED) is 0.228. The highest BCUT2D eigenvalue weighted by molar-refractivity contribution is 5.31. The third kappa shape index (κ3) is 3.61. The third-order valence-corrected chi connectivity index (χ3v) is 3.78. The smallest absolute Gasteiger partial charge is 0.200 e. The summed E-state index contributed by atoms with van der Waals surface area (Å²) < 4.78 is 140. The topological polar surface area (TPSA) is 9.23 Å². The molecular weight excluding hydrogens is 422 g/mol. The Bertz CT molecular complexity index is 864. The molecule has 2 atom stereocenters. The van der Waals surface area contributed by atoms with E-state index in [4.69, 9.17) is 4.74 Å². The molecule has 0 aliphatic carbocycles. The molecule has 0 radical (unpaired) electrons. The van der Waals surface area contributed by atoms with Crippen LogP contribution in [0, 0.1) is 58.2 Å². The number of ether oxygens (including phenoxy) is 1. The van der Waals surface area contributed by atoms with Gasteiger partial charge < -0.3 is 4.74 Å². The highest BCUT2D eigenvalue weighted by Crippen LogP contribution is 2.37. The fourth-order valence-corrected chi connectivity index (χ4v) is 2.38. The largest absolute Gasteiger partial charge is 0.357 e. The highest BCUT2D eigenvalue weighted by atomic mass is 19.2. The van der Waals surface area contributed by atoms with Crippen LogP contribution in [0.15, 0.2) is 25.3 Å². The summed E-state index contributed by atoms with van der Waals surface area (Å²) in [5.74, 6) is -23.7. The SMILES string of the molecule is C=CC(OC(C=C)c1c(F)c(F)c(F)c(F)c1F)c1c(F)c(F)c(F)c(F)c1F. The Morgan fingerprint density at radius 3 is 0.862 bits per heavy atom. The van der Waals surface area contributed by atoms with Gasteiger partial charge in [0.15, 0.2) is 46.5 Å². The second-order valence-electron chi connectivity index (χ2n) is 5.42. The molecule has 0 aliphatic rings. The van der Waals surface area contributed by atoms with Crippen molar-refractivity contribution in [2.45, 2.75) is 12.2 Å². The van der Waals surface area contributed by atoms with Gasteiger partial charge in [-0.1, -0.05) is 12.2 Å². The lowest BCUT2D eigenvalue weighted by Gasteiger charge is -2.23. The van der Waals surface area contributed by atoms with E-state index in [2.05, 4.69) is 13.2 Å². The van der Waals surface area contributed by atoms with Crippen LogP contribution in [-0.4, -0.2) is 0 Å². The van der Waals surface area contributed by atoms with Gasteiger partial charge in [-0.3, -0.25) is 0 Å². The molecule has 0 bridgehead atoms. The normalized spacial score (nSPS) is 13.3. The van der Waals surface area contributed by atoms with Crippen molar-refractivity contribution in [3.05, 3.63) is 94.6 Å². The van der Waals surface area contributed by atoms with Gasteiger partial charge in [0.1, 0.15) is 12.2 Å². The molecule has 0 spiro atoms. The first kappa shape index (κ1) is 22.5. The molecule has 0 heterocycles. The summed E-state index contributed by atoms with van der Waals surface area (Å²) in [6, 6.07) is 0. The van der Waals surface area contributed by atoms with E-state index in [1.165, 1.54) is 0 Å². The molecule has 156 valence electrons. The van der Waals surface area contributed by atoms with Crippen LogP contribution in [0.3, 0.4) is 0 Å². The third-order valence-electron chi connectivity index (χ3n) is 3.78. The van der Waals surface area contributed by atoms with Gasteiger partial charge in [0.25, 0.3) is 0 Å². The lowest BCUT2D eigenvalue weighted by Crippen LogP contribution is -2.17. The van der Waals surface area contributed by atoms with Gasteiger partial charge in [-0.2, -0.15) is 0 Å². The predicted octanol–water partition coefficient (Wildman–Crippen LogP) is 6.25. The zero-order valence-electron chi connectivity index (χ0n) is 13.9. The van der Waals surface area contributed by atoms with Crippen molar-refractivity contribution in [1.82, 2.24) is 0 Å². The molecule has 0 amide bonds. The minimum Gasteiger partial charge on any atom is -0.357 e. The second-order valence-corrected chi connectivity index (χ2v) is 5.42. The van der Waals surface area contributed by atoms with E-state index in [-0.39, 0.29) is 0 Å². The van der Waals surface area contributed by atoms with Gasteiger partial charge in [-0.15, -0.1) is 13.2 Å². The standard InChI is InChI=1S/C18H8F10O/c1-3-5(7-9(19)13(23)17(27)14(24)10(7)20)29-6(4-2)8-11(21)15(25)18(28)16(26)12(8)22/h3-6H,1-2H2. The Balaban J connectivity index is 2.63. The molecular formula is C18H8F10O. The minimum absolute atomic E-state index is 0.487. The van der Waals surface area contributed by atoms with E-state index in [0.717, 1.165) is 0 Å². The van der Waals surface area contributed by atoms with E-state index < -0.39 is 81.5 Å². The van der Waals surface area contributed by atoms with Gasteiger partial charge in [0.05, 0.1) is 11.1 Å². The summed E-state index contributed by atoms with van der Waals surface area (Å²) in [7, 11) is 0. The van der Waals surface area contributed by atoms with Gasteiger partial charge in [-0.25, -0.2) is 43.9 Å². The molecule has 0 aromatic heterocycles. The average Bonchev–Trinajstić information content (AvgIpc) is 2.71. The number of rotatable bonds is 6. The fraction of sp³-hybridized carbons (Fsp3) is 0.111. The number of hydrogen-bond acceptors (Lipinski definition) is 1. The first-order valence-electron chi connectivity index (χ1n) is 7.42. The first-order chi connectivity index (χ1) is 13.5. The van der Waals surface area contributed by atoms with Crippen molar-refractivity contribution in [1.29, 1.82) is 0 Å². The van der Waals surface area contributed by atoms with Crippen LogP contribution in [-0.2, 0) is 4.74 Å². The first-order valence-corrected chi connectivity index (χ1v) is 7.42. The Morgan fingerprint density at radius 1 is 0.448 bits per heavy atom. The number of hydrogen-bond donors (Lipinski definition) is 0. The van der Waals surface area contributed by atoms with Crippen molar-refractivity contribution < 1.29 is 48.6 Å². The molecule has 2 aromatic rings. The maximum Gasteiger partial charge on any atom is 0.200 e. The maximum absolute atomic E-state index is 13.9. The monoisotopic (exact) mass is 430 g/mol. The molecule has 0 fully saturated rings. The summed E-state index contributed by atoms with van der Waals surface area (Å²) in [6.45, 7) is 6.10. The summed E-state index contributed by atoms with van der Waals surface area (Å²) in [6.07, 6.45) is -3.53. The van der Waals surface area contributed by atoms with Crippen LogP contribution in [0.2, 0.25) is 0 Å². The Labute approximate surface area is 156 Å². The average molecular weight is 430 g/mol. The van der Waals surface area contributed by atoms with Crippen molar-refractivity contribution in [3.63, 3.8) is 0 Å². The molecule has 29 heavy (non-hydrogen) atoms. The Kier molecular flexibility index (Phi) is 6.41. The van der Waals surface area contributed by atoms with Crippen LogP contribution < -0.4 is 0 Å². The van der Waals surface area contributed by atoms with Crippen LogP contribution in [0.25, 0.3) is 0 Å².